The monoisotopic (exact) mass is 257 g/mol. The largest absolute Gasteiger partial charge is 0.508 e. The van der Waals surface area contributed by atoms with E-state index in [0.29, 0.717) is 11.7 Å². The van der Waals surface area contributed by atoms with Gasteiger partial charge in [-0.25, -0.2) is 0 Å². The number of rotatable bonds is 4. The highest BCUT2D eigenvalue weighted by atomic mass is 16.3. The van der Waals surface area contributed by atoms with Gasteiger partial charge in [-0.1, -0.05) is 30.2 Å². The quantitative estimate of drug-likeness (QED) is 0.832. The number of allylic oxidation sites excluding steroid dienone is 1. The molecule has 1 aliphatic heterocycles. The molecule has 0 amide bonds. The summed E-state index contributed by atoms with van der Waals surface area (Å²) in [5.74, 6) is 0.875. The Balaban J connectivity index is 1.77. The molecule has 2 aliphatic rings. The molecule has 0 bridgehead atoms. The highest BCUT2D eigenvalue weighted by molar-refractivity contribution is 5.37. The van der Waals surface area contributed by atoms with Crippen LogP contribution in [0.3, 0.4) is 0 Å². The van der Waals surface area contributed by atoms with Gasteiger partial charge in [-0.15, -0.1) is 0 Å². The average Bonchev–Trinajstić information content (AvgIpc) is 2.37. The van der Waals surface area contributed by atoms with Gasteiger partial charge in [0.15, 0.2) is 0 Å². The molecule has 102 valence electrons. The van der Waals surface area contributed by atoms with Crippen LogP contribution in [0, 0.1) is 0 Å². The van der Waals surface area contributed by atoms with Gasteiger partial charge < -0.3 is 10.0 Å². The first-order valence-electron chi connectivity index (χ1n) is 7.53. The molecule has 1 unspecified atom stereocenters. The van der Waals surface area contributed by atoms with E-state index in [1.54, 1.807) is 11.6 Å². The Morgan fingerprint density at radius 2 is 1.95 bits per heavy atom. The summed E-state index contributed by atoms with van der Waals surface area (Å²) in [6, 6.07) is 7.82. The lowest BCUT2D eigenvalue weighted by Gasteiger charge is -2.33. The van der Waals surface area contributed by atoms with E-state index in [4.69, 9.17) is 0 Å². The van der Waals surface area contributed by atoms with Gasteiger partial charge in [0.25, 0.3) is 0 Å². The van der Waals surface area contributed by atoms with Crippen LogP contribution in [0.5, 0.6) is 5.75 Å². The SMILES string of the molecule is Oc1cccc(C(CN2CCCCC2)C2=CCC2)c1. The Bertz CT molecular complexity index is 460. The van der Waals surface area contributed by atoms with Gasteiger partial charge >= 0.3 is 0 Å². The van der Waals surface area contributed by atoms with Gasteiger partial charge in [-0.2, -0.15) is 0 Å². The number of phenolic OH excluding ortho intramolecular Hbond substituents is 1. The van der Waals surface area contributed by atoms with Crippen LogP contribution in [-0.2, 0) is 0 Å². The number of phenols is 1. The van der Waals surface area contributed by atoms with Crippen LogP contribution in [-0.4, -0.2) is 29.6 Å². The molecule has 1 aromatic rings. The summed E-state index contributed by atoms with van der Waals surface area (Å²) in [6.07, 6.45) is 8.89. The fraction of sp³-hybridized carbons (Fsp3) is 0.529. The van der Waals surface area contributed by atoms with Crippen molar-refractivity contribution in [3.05, 3.63) is 41.5 Å². The van der Waals surface area contributed by atoms with Crippen molar-refractivity contribution in [3.8, 4) is 5.75 Å². The zero-order chi connectivity index (χ0) is 13.1. The molecule has 0 spiro atoms. The summed E-state index contributed by atoms with van der Waals surface area (Å²) in [5.41, 5.74) is 2.84. The molecule has 2 heteroatoms. The Morgan fingerprint density at radius 1 is 1.16 bits per heavy atom. The zero-order valence-corrected chi connectivity index (χ0v) is 11.5. The van der Waals surface area contributed by atoms with Gasteiger partial charge in [0.05, 0.1) is 0 Å². The van der Waals surface area contributed by atoms with Crippen molar-refractivity contribution in [2.45, 2.75) is 38.0 Å². The van der Waals surface area contributed by atoms with E-state index in [9.17, 15) is 5.11 Å². The summed E-state index contributed by atoms with van der Waals surface area (Å²) < 4.78 is 0. The Labute approximate surface area is 115 Å². The maximum atomic E-state index is 9.71. The van der Waals surface area contributed by atoms with Gasteiger partial charge in [0.2, 0.25) is 0 Å². The summed E-state index contributed by atoms with van der Waals surface area (Å²) in [7, 11) is 0. The molecule has 1 saturated heterocycles. The number of hydrogen-bond donors (Lipinski definition) is 1. The minimum atomic E-state index is 0.390. The van der Waals surface area contributed by atoms with Crippen molar-refractivity contribution in [1.82, 2.24) is 4.90 Å². The fourth-order valence-corrected chi connectivity index (χ4v) is 3.21. The molecule has 1 N–H and O–H groups in total. The predicted octanol–water partition coefficient (Wildman–Crippen LogP) is 3.68. The molecule has 0 saturated carbocycles. The minimum absolute atomic E-state index is 0.390. The van der Waals surface area contributed by atoms with E-state index in [1.807, 2.05) is 12.1 Å². The van der Waals surface area contributed by atoms with Crippen LogP contribution in [0.1, 0.15) is 43.6 Å². The fourth-order valence-electron chi connectivity index (χ4n) is 3.21. The third-order valence-corrected chi connectivity index (χ3v) is 4.45. The topological polar surface area (TPSA) is 23.5 Å². The second-order valence-corrected chi connectivity index (χ2v) is 5.83. The molecule has 2 nitrogen and oxygen atoms in total. The molecule has 19 heavy (non-hydrogen) atoms. The van der Waals surface area contributed by atoms with Crippen LogP contribution in [0.2, 0.25) is 0 Å². The maximum Gasteiger partial charge on any atom is 0.115 e. The van der Waals surface area contributed by atoms with Gasteiger partial charge in [0.1, 0.15) is 5.75 Å². The van der Waals surface area contributed by atoms with Crippen molar-refractivity contribution in [3.63, 3.8) is 0 Å². The van der Waals surface area contributed by atoms with Crippen molar-refractivity contribution in [1.29, 1.82) is 0 Å². The van der Waals surface area contributed by atoms with E-state index in [1.165, 1.54) is 50.8 Å². The lowest BCUT2D eigenvalue weighted by atomic mass is 9.82. The lowest BCUT2D eigenvalue weighted by molar-refractivity contribution is 0.220. The molecule has 1 atom stereocenters. The van der Waals surface area contributed by atoms with Crippen LogP contribution in [0.15, 0.2) is 35.9 Å². The Morgan fingerprint density at radius 3 is 2.58 bits per heavy atom. The van der Waals surface area contributed by atoms with E-state index in [2.05, 4.69) is 17.0 Å². The van der Waals surface area contributed by atoms with E-state index in [-0.39, 0.29) is 0 Å². The van der Waals surface area contributed by atoms with Crippen molar-refractivity contribution >= 4 is 0 Å². The van der Waals surface area contributed by atoms with Gasteiger partial charge in [0, 0.05) is 12.5 Å². The molecule has 0 radical (unpaired) electrons. The smallest absolute Gasteiger partial charge is 0.115 e. The number of aromatic hydroxyl groups is 1. The molecular formula is C17H23NO. The second kappa shape index (κ2) is 5.79. The van der Waals surface area contributed by atoms with Crippen LogP contribution in [0.25, 0.3) is 0 Å². The zero-order valence-electron chi connectivity index (χ0n) is 11.5. The summed E-state index contributed by atoms with van der Waals surface area (Å²) >= 11 is 0. The number of hydrogen-bond acceptors (Lipinski definition) is 2. The van der Waals surface area contributed by atoms with Crippen LogP contribution < -0.4 is 0 Å². The van der Waals surface area contributed by atoms with E-state index in [0.717, 1.165) is 6.54 Å². The predicted molar refractivity (Wildman–Crippen MR) is 78.5 cm³/mol. The Kier molecular flexibility index (Phi) is 3.88. The van der Waals surface area contributed by atoms with Crippen molar-refractivity contribution in [2.24, 2.45) is 0 Å². The summed E-state index contributed by atoms with van der Waals surface area (Å²) in [4.78, 5) is 2.59. The highest BCUT2D eigenvalue weighted by Gasteiger charge is 2.24. The standard InChI is InChI=1S/C17H23NO/c19-16-9-5-8-15(12-16)17(14-6-4-7-14)13-18-10-2-1-3-11-18/h5-6,8-9,12,17,19H,1-4,7,10-11,13H2. The van der Waals surface area contributed by atoms with Gasteiger partial charge in [-0.3, -0.25) is 0 Å². The van der Waals surface area contributed by atoms with E-state index < -0.39 is 0 Å². The third kappa shape index (κ3) is 3.01. The number of piperidine rings is 1. The number of nitrogens with zero attached hydrogens (tertiary/aromatic N) is 1. The molecular weight excluding hydrogens is 234 g/mol. The first-order valence-corrected chi connectivity index (χ1v) is 7.53. The molecule has 3 rings (SSSR count). The maximum absolute atomic E-state index is 9.71. The highest BCUT2D eigenvalue weighted by Crippen LogP contribution is 2.35. The average molecular weight is 257 g/mol. The molecule has 1 aliphatic carbocycles. The summed E-state index contributed by atoms with van der Waals surface area (Å²) in [5, 5.41) is 9.71. The molecule has 0 aromatic heterocycles. The lowest BCUT2D eigenvalue weighted by Crippen LogP contribution is -2.34. The second-order valence-electron chi connectivity index (χ2n) is 5.83. The van der Waals surface area contributed by atoms with Crippen LogP contribution >= 0.6 is 0 Å². The molecule has 1 fully saturated rings. The van der Waals surface area contributed by atoms with E-state index >= 15 is 0 Å². The number of likely N-dealkylation sites (tertiary alicyclic amines) is 1. The van der Waals surface area contributed by atoms with Crippen molar-refractivity contribution < 1.29 is 5.11 Å². The van der Waals surface area contributed by atoms with Gasteiger partial charge in [-0.05, 0) is 56.5 Å². The summed E-state index contributed by atoms with van der Waals surface area (Å²) in [6.45, 7) is 3.60. The molecule has 1 heterocycles. The number of benzene rings is 1. The van der Waals surface area contributed by atoms with Crippen LogP contribution in [0.4, 0.5) is 0 Å². The molecule has 1 aromatic carbocycles. The third-order valence-electron chi connectivity index (χ3n) is 4.45. The minimum Gasteiger partial charge on any atom is -0.508 e. The Hall–Kier alpha value is -1.28. The first-order chi connectivity index (χ1) is 9.33. The normalized spacial score (nSPS) is 21.6. The first kappa shape index (κ1) is 12.7. The van der Waals surface area contributed by atoms with Crippen molar-refractivity contribution in [2.75, 3.05) is 19.6 Å².